The lowest BCUT2D eigenvalue weighted by molar-refractivity contribution is -0.117. The van der Waals surface area contributed by atoms with Crippen molar-refractivity contribution in [2.24, 2.45) is 4.99 Å². The van der Waals surface area contributed by atoms with Crippen molar-refractivity contribution in [3.05, 3.63) is 99.6 Å². The third-order valence-electron chi connectivity index (χ3n) is 5.06. The minimum Gasteiger partial charge on any atom is -0.306 e. The van der Waals surface area contributed by atoms with Gasteiger partial charge in [0.15, 0.2) is 0 Å². The van der Waals surface area contributed by atoms with Crippen LogP contribution < -0.4 is 4.90 Å². The first-order valence-corrected chi connectivity index (χ1v) is 9.67. The molecule has 3 aromatic carbocycles. The Morgan fingerprint density at radius 3 is 2.57 bits per heavy atom. The van der Waals surface area contributed by atoms with Crippen LogP contribution in [0.1, 0.15) is 27.8 Å². The molecule has 4 rings (SSSR count). The minimum atomic E-state index is -0.0181. The Hall–Kier alpha value is -2.91. The van der Waals surface area contributed by atoms with Gasteiger partial charge in [-0.25, -0.2) is 0 Å². The molecule has 0 atom stereocenters. The zero-order valence-corrected chi connectivity index (χ0v) is 16.7. The molecule has 0 saturated carbocycles. The van der Waals surface area contributed by atoms with E-state index >= 15 is 0 Å². The van der Waals surface area contributed by atoms with Gasteiger partial charge in [-0.3, -0.25) is 9.79 Å². The molecule has 0 unspecified atom stereocenters. The van der Waals surface area contributed by atoms with Crippen LogP contribution in [0.25, 0.3) is 0 Å². The standard InChI is InChI=1S/C24H21ClN2O/c1-16-8-9-17(2)19(12-16)15-27-22-11-10-20(25)13-21(22)24(26-14-23(27)28)18-6-4-3-5-7-18/h3-13H,14-15H2,1-2H3. The van der Waals surface area contributed by atoms with Gasteiger partial charge in [-0.05, 0) is 43.2 Å². The van der Waals surface area contributed by atoms with Crippen LogP contribution in [-0.2, 0) is 11.3 Å². The molecule has 3 nitrogen and oxygen atoms in total. The summed E-state index contributed by atoms with van der Waals surface area (Å²) in [7, 11) is 0. The third-order valence-corrected chi connectivity index (χ3v) is 5.29. The SMILES string of the molecule is Cc1ccc(C)c(CN2C(=O)CN=C(c3ccccc3)c3cc(Cl)ccc32)c1. The van der Waals surface area contributed by atoms with E-state index in [1.54, 1.807) is 0 Å². The van der Waals surface area contributed by atoms with Crippen molar-refractivity contribution in [2.45, 2.75) is 20.4 Å². The van der Waals surface area contributed by atoms with Crippen molar-refractivity contribution in [3.8, 4) is 0 Å². The monoisotopic (exact) mass is 388 g/mol. The average molecular weight is 389 g/mol. The van der Waals surface area contributed by atoms with Crippen molar-refractivity contribution in [1.29, 1.82) is 0 Å². The second-order valence-electron chi connectivity index (χ2n) is 7.10. The molecule has 28 heavy (non-hydrogen) atoms. The number of carbonyl (C=O) groups excluding carboxylic acids is 1. The molecule has 0 bridgehead atoms. The van der Waals surface area contributed by atoms with Crippen molar-refractivity contribution in [2.75, 3.05) is 11.4 Å². The van der Waals surface area contributed by atoms with Crippen LogP contribution in [0.3, 0.4) is 0 Å². The summed E-state index contributed by atoms with van der Waals surface area (Å²) in [4.78, 5) is 19.5. The molecule has 0 saturated heterocycles. The fourth-order valence-electron chi connectivity index (χ4n) is 3.54. The highest BCUT2D eigenvalue weighted by Crippen LogP contribution is 2.31. The predicted octanol–water partition coefficient (Wildman–Crippen LogP) is 5.34. The molecular formula is C24H21ClN2O. The first-order chi connectivity index (χ1) is 13.5. The van der Waals surface area contributed by atoms with Crippen LogP contribution in [0, 0.1) is 13.8 Å². The van der Waals surface area contributed by atoms with Crippen molar-refractivity contribution in [3.63, 3.8) is 0 Å². The van der Waals surface area contributed by atoms with E-state index in [-0.39, 0.29) is 12.5 Å². The minimum absolute atomic E-state index is 0.0181. The third kappa shape index (κ3) is 3.58. The Morgan fingerprint density at radius 2 is 1.79 bits per heavy atom. The number of aliphatic imine (C=N–C) groups is 1. The topological polar surface area (TPSA) is 32.7 Å². The second-order valence-corrected chi connectivity index (χ2v) is 7.54. The highest BCUT2D eigenvalue weighted by molar-refractivity contribution is 6.32. The average Bonchev–Trinajstić information content (AvgIpc) is 2.82. The second kappa shape index (κ2) is 7.61. The maximum atomic E-state index is 13.0. The lowest BCUT2D eigenvalue weighted by atomic mass is 9.99. The molecule has 1 amide bonds. The predicted molar refractivity (Wildman–Crippen MR) is 116 cm³/mol. The Kier molecular flexibility index (Phi) is 5.01. The summed E-state index contributed by atoms with van der Waals surface area (Å²) in [5.41, 5.74) is 6.99. The molecule has 0 aromatic heterocycles. The first kappa shape index (κ1) is 18.5. The van der Waals surface area contributed by atoms with Gasteiger partial charge < -0.3 is 4.90 Å². The number of benzene rings is 3. The zero-order chi connectivity index (χ0) is 19.7. The maximum Gasteiger partial charge on any atom is 0.248 e. The lowest BCUT2D eigenvalue weighted by Gasteiger charge is -2.24. The molecule has 4 heteroatoms. The van der Waals surface area contributed by atoms with Gasteiger partial charge in [0.1, 0.15) is 6.54 Å². The molecule has 140 valence electrons. The summed E-state index contributed by atoms with van der Waals surface area (Å²) in [6.07, 6.45) is 0. The zero-order valence-electron chi connectivity index (χ0n) is 15.9. The number of nitrogens with zero attached hydrogens (tertiary/aromatic N) is 2. The Bertz CT molecular complexity index is 1070. The Labute approximate surface area is 170 Å². The summed E-state index contributed by atoms with van der Waals surface area (Å²) < 4.78 is 0. The molecule has 0 spiro atoms. The molecule has 1 aliphatic rings. The van der Waals surface area contributed by atoms with E-state index < -0.39 is 0 Å². The lowest BCUT2D eigenvalue weighted by Crippen LogP contribution is -2.32. The number of benzodiazepines with no additional fused rings is 1. The molecule has 0 N–H and O–H groups in total. The van der Waals surface area contributed by atoms with Crippen molar-refractivity contribution >= 4 is 28.9 Å². The number of aryl methyl sites for hydroxylation is 2. The number of rotatable bonds is 3. The number of hydrogen-bond donors (Lipinski definition) is 0. The molecule has 0 aliphatic carbocycles. The number of hydrogen-bond acceptors (Lipinski definition) is 2. The van der Waals surface area contributed by atoms with E-state index in [0.29, 0.717) is 11.6 Å². The number of carbonyl (C=O) groups is 1. The summed E-state index contributed by atoms with van der Waals surface area (Å²) in [5.74, 6) is -0.0181. The Morgan fingerprint density at radius 1 is 1.00 bits per heavy atom. The highest BCUT2D eigenvalue weighted by atomic mass is 35.5. The molecular weight excluding hydrogens is 368 g/mol. The van der Waals surface area contributed by atoms with Crippen LogP contribution in [-0.4, -0.2) is 18.2 Å². The van der Waals surface area contributed by atoms with Gasteiger partial charge in [-0.2, -0.15) is 0 Å². The van der Waals surface area contributed by atoms with Gasteiger partial charge in [0.25, 0.3) is 0 Å². The van der Waals surface area contributed by atoms with E-state index in [9.17, 15) is 4.79 Å². The fourth-order valence-corrected chi connectivity index (χ4v) is 3.71. The summed E-state index contributed by atoms with van der Waals surface area (Å²) in [6, 6.07) is 21.9. The number of amides is 1. The van der Waals surface area contributed by atoms with Crippen LogP contribution in [0.15, 0.2) is 71.7 Å². The van der Waals surface area contributed by atoms with Crippen LogP contribution >= 0.6 is 11.6 Å². The van der Waals surface area contributed by atoms with E-state index in [1.165, 1.54) is 11.1 Å². The normalized spacial score (nSPS) is 13.8. The van der Waals surface area contributed by atoms with Crippen molar-refractivity contribution < 1.29 is 4.79 Å². The summed E-state index contributed by atoms with van der Waals surface area (Å²) in [5, 5.41) is 0.628. The number of halogens is 1. The summed E-state index contributed by atoms with van der Waals surface area (Å²) >= 11 is 6.31. The van der Waals surface area contributed by atoms with Gasteiger partial charge in [0.05, 0.1) is 17.9 Å². The van der Waals surface area contributed by atoms with Gasteiger partial charge in [-0.1, -0.05) is 65.7 Å². The summed E-state index contributed by atoms with van der Waals surface area (Å²) in [6.45, 7) is 4.77. The molecule has 1 heterocycles. The molecule has 3 aromatic rings. The largest absolute Gasteiger partial charge is 0.306 e. The molecule has 1 aliphatic heterocycles. The van der Waals surface area contributed by atoms with E-state index in [2.05, 4.69) is 37.0 Å². The number of anilines is 1. The van der Waals surface area contributed by atoms with E-state index in [1.807, 2.05) is 53.4 Å². The first-order valence-electron chi connectivity index (χ1n) is 9.29. The molecule has 0 fully saturated rings. The van der Waals surface area contributed by atoms with Crippen LogP contribution in [0.2, 0.25) is 5.02 Å². The van der Waals surface area contributed by atoms with Gasteiger partial charge >= 0.3 is 0 Å². The van der Waals surface area contributed by atoms with Gasteiger partial charge in [0.2, 0.25) is 5.91 Å². The van der Waals surface area contributed by atoms with Crippen molar-refractivity contribution in [1.82, 2.24) is 0 Å². The van der Waals surface area contributed by atoms with Gasteiger partial charge in [0, 0.05) is 16.1 Å². The van der Waals surface area contributed by atoms with E-state index in [4.69, 9.17) is 11.6 Å². The fraction of sp³-hybridized carbons (Fsp3) is 0.167. The van der Waals surface area contributed by atoms with Crippen LogP contribution in [0.5, 0.6) is 0 Å². The van der Waals surface area contributed by atoms with E-state index in [0.717, 1.165) is 28.1 Å². The highest BCUT2D eigenvalue weighted by Gasteiger charge is 2.26. The van der Waals surface area contributed by atoms with Gasteiger partial charge in [-0.15, -0.1) is 0 Å². The quantitative estimate of drug-likeness (QED) is 0.596. The Balaban J connectivity index is 1.83. The molecule has 0 radical (unpaired) electrons. The van der Waals surface area contributed by atoms with Crippen LogP contribution in [0.4, 0.5) is 5.69 Å². The number of fused-ring (bicyclic) bond motifs is 1. The maximum absolute atomic E-state index is 13.0. The smallest absolute Gasteiger partial charge is 0.248 e.